The van der Waals surface area contributed by atoms with Gasteiger partial charge in [0, 0.05) is 15.7 Å². The van der Waals surface area contributed by atoms with E-state index in [2.05, 4.69) is 31.1 Å². The van der Waals surface area contributed by atoms with E-state index in [4.69, 9.17) is 4.84 Å². The molecule has 0 spiro atoms. The number of nitrogens with one attached hydrogen (secondary N) is 1. The van der Waals surface area contributed by atoms with Crippen LogP contribution in [-0.4, -0.2) is 31.8 Å². The van der Waals surface area contributed by atoms with E-state index < -0.39 is 5.97 Å². The largest absolute Gasteiger partial charge is 0.465 e. The number of benzene rings is 2. The number of nitrogens with zero attached hydrogens (tertiary/aromatic N) is 1. The molecule has 7 heteroatoms. The van der Waals surface area contributed by atoms with Crippen LogP contribution in [0.2, 0.25) is 0 Å². The van der Waals surface area contributed by atoms with Gasteiger partial charge in [-0.05, 0) is 30.3 Å². The number of hydrogen-bond acceptors (Lipinski definition) is 5. The van der Waals surface area contributed by atoms with Crippen molar-refractivity contribution in [2.24, 2.45) is 5.16 Å². The number of amides is 1. The summed E-state index contributed by atoms with van der Waals surface area (Å²) in [4.78, 5) is 28.0. The van der Waals surface area contributed by atoms with E-state index in [0.717, 1.165) is 10.0 Å². The number of halogens is 1. The second-order valence-corrected chi connectivity index (χ2v) is 5.50. The molecule has 0 fully saturated rings. The van der Waals surface area contributed by atoms with Crippen molar-refractivity contribution < 1.29 is 19.2 Å². The zero-order chi connectivity index (χ0) is 17.4. The molecule has 0 radical (unpaired) electrons. The summed E-state index contributed by atoms with van der Waals surface area (Å²) in [5, 5.41) is 6.39. The zero-order valence-electron chi connectivity index (χ0n) is 12.9. The molecule has 6 nitrogen and oxygen atoms in total. The van der Waals surface area contributed by atoms with Crippen LogP contribution in [0.5, 0.6) is 0 Å². The average Bonchev–Trinajstić information content (AvgIpc) is 2.60. The van der Waals surface area contributed by atoms with Crippen LogP contribution in [0.15, 0.2) is 58.2 Å². The molecule has 0 aromatic heterocycles. The highest BCUT2D eigenvalue weighted by Gasteiger charge is 2.06. The summed E-state index contributed by atoms with van der Waals surface area (Å²) in [7, 11) is 1.31. The Balaban J connectivity index is 1.81. The van der Waals surface area contributed by atoms with Crippen LogP contribution in [0.1, 0.15) is 15.9 Å². The molecule has 0 atom stereocenters. The fourth-order valence-corrected chi connectivity index (χ4v) is 2.16. The molecular formula is C17H15BrN2O4. The highest BCUT2D eigenvalue weighted by Crippen LogP contribution is 2.13. The van der Waals surface area contributed by atoms with Gasteiger partial charge in [-0.15, -0.1) is 0 Å². The highest BCUT2D eigenvalue weighted by atomic mass is 79.9. The number of anilines is 1. The smallest absolute Gasteiger partial charge is 0.337 e. The Hall–Kier alpha value is -2.67. The Morgan fingerprint density at radius 1 is 1.17 bits per heavy atom. The maximum atomic E-state index is 11.8. The number of hydrogen-bond donors (Lipinski definition) is 1. The first kappa shape index (κ1) is 17.7. The quantitative estimate of drug-likeness (QED) is 0.466. The molecule has 0 unspecified atom stereocenters. The van der Waals surface area contributed by atoms with Gasteiger partial charge in [0.1, 0.15) is 0 Å². The number of carbonyl (C=O) groups excluding carboxylic acids is 2. The van der Waals surface area contributed by atoms with E-state index in [-0.39, 0.29) is 12.5 Å². The summed E-state index contributed by atoms with van der Waals surface area (Å²) < 4.78 is 5.48. The highest BCUT2D eigenvalue weighted by molar-refractivity contribution is 9.10. The summed E-state index contributed by atoms with van der Waals surface area (Å²) >= 11 is 3.38. The Morgan fingerprint density at radius 2 is 1.88 bits per heavy atom. The van der Waals surface area contributed by atoms with Crippen molar-refractivity contribution in [2.75, 3.05) is 19.0 Å². The van der Waals surface area contributed by atoms with Crippen molar-refractivity contribution in [1.29, 1.82) is 0 Å². The number of ether oxygens (including phenoxy) is 1. The minimum atomic E-state index is -0.433. The normalized spacial score (nSPS) is 10.4. The second-order valence-electron chi connectivity index (χ2n) is 4.65. The van der Waals surface area contributed by atoms with Gasteiger partial charge in [0.15, 0.2) is 6.61 Å². The van der Waals surface area contributed by atoms with E-state index >= 15 is 0 Å². The fraction of sp³-hybridized carbons (Fsp3) is 0.118. The minimum absolute atomic E-state index is 0.223. The predicted molar refractivity (Wildman–Crippen MR) is 94.1 cm³/mol. The Bertz CT molecular complexity index is 745. The van der Waals surface area contributed by atoms with Crippen molar-refractivity contribution in [3.63, 3.8) is 0 Å². The lowest BCUT2D eigenvalue weighted by Crippen LogP contribution is -2.17. The van der Waals surface area contributed by atoms with E-state index in [1.807, 2.05) is 24.3 Å². The third-order valence-electron chi connectivity index (χ3n) is 2.96. The first-order chi connectivity index (χ1) is 11.6. The number of carbonyl (C=O) groups is 2. The van der Waals surface area contributed by atoms with Gasteiger partial charge in [-0.2, -0.15) is 0 Å². The van der Waals surface area contributed by atoms with Crippen LogP contribution in [-0.2, 0) is 14.4 Å². The third kappa shape index (κ3) is 5.20. The van der Waals surface area contributed by atoms with Gasteiger partial charge in [-0.1, -0.05) is 39.3 Å². The van der Waals surface area contributed by atoms with Gasteiger partial charge in [0.05, 0.1) is 18.9 Å². The molecule has 0 saturated heterocycles. The number of methoxy groups -OCH3 is 1. The van der Waals surface area contributed by atoms with Gasteiger partial charge in [-0.3, -0.25) is 4.79 Å². The lowest BCUT2D eigenvalue weighted by Gasteiger charge is -2.05. The molecule has 124 valence electrons. The third-order valence-corrected chi connectivity index (χ3v) is 3.68. The van der Waals surface area contributed by atoms with Crippen LogP contribution in [0.4, 0.5) is 5.69 Å². The molecule has 0 aliphatic carbocycles. The van der Waals surface area contributed by atoms with Crippen molar-refractivity contribution >= 4 is 39.7 Å². The fourth-order valence-electron chi connectivity index (χ4n) is 1.77. The monoisotopic (exact) mass is 390 g/mol. The molecule has 1 amide bonds. The van der Waals surface area contributed by atoms with Crippen LogP contribution in [0.25, 0.3) is 0 Å². The van der Waals surface area contributed by atoms with Crippen molar-refractivity contribution in [3.8, 4) is 0 Å². The summed E-state index contributed by atoms with van der Waals surface area (Å²) in [6.07, 6.45) is 1.52. The molecule has 2 aromatic rings. The van der Waals surface area contributed by atoms with Crippen molar-refractivity contribution in [2.45, 2.75) is 0 Å². The summed E-state index contributed by atoms with van der Waals surface area (Å²) in [5.41, 5.74) is 1.80. The standard InChI is InChI=1S/C17H15BrN2O4/c1-23-17(22)12-6-8-14(9-7-12)20-16(21)11-24-19-10-13-4-2-3-5-15(13)18/h2-10H,11H2,1H3,(H,20,21)/b19-10-. The van der Waals surface area contributed by atoms with Crippen LogP contribution < -0.4 is 5.32 Å². The second kappa shape index (κ2) is 8.83. The Labute approximate surface area is 147 Å². The molecule has 0 aliphatic rings. The van der Waals surface area contributed by atoms with Crippen molar-refractivity contribution in [3.05, 3.63) is 64.1 Å². The van der Waals surface area contributed by atoms with Gasteiger partial charge < -0.3 is 14.9 Å². The number of rotatable bonds is 6. The Morgan fingerprint density at radius 3 is 2.54 bits per heavy atom. The summed E-state index contributed by atoms with van der Waals surface area (Å²) in [6.45, 7) is -0.223. The SMILES string of the molecule is COC(=O)c1ccc(NC(=O)CO/N=C\c2ccccc2Br)cc1. The molecule has 1 N–H and O–H groups in total. The van der Waals surface area contributed by atoms with Gasteiger partial charge in [0.25, 0.3) is 5.91 Å². The Kier molecular flexibility index (Phi) is 6.51. The lowest BCUT2D eigenvalue weighted by molar-refractivity contribution is -0.120. The van der Waals surface area contributed by atoms with Gasteiger partial charge >= 0.3 is 5.97 Å². The van der Waals surface area contributed by atoms with E-state index in [0.29, 0.717) is 11.3 Å². The maximum absolute atomic E-state index is 11.8. The van der Waals surface area contributed by atoms with E-state index in [1.165, 1.54) is 13.3 Å². The zero-order valence-corrected chi connectivity index (χ0v) is 14.4. The lowest BCUT2D eigenvalue weighted by atomic mass is 10.2. The van der Waals surface area contributed by atoms with E-state index in [9.17, 15) is 9.59 Å². The van der Waals surface area contributed by atoms with Gasteiger partial charge in [0.2, 0.25) is 0 Å². The number of oxime groups is 1. The van der Waals surface area contributed by atoms with Crippen LogP contribution in [0, 0.1) is 0 Å². The average molecular weight is 391 g/mol. The molecular weight excluding hydrogens is 376 g/mol. The summed E-state index contributed by atoms with van der Waals surface area (Å²) in [5.74, 6) is -0.789. The van der Waals surface area contributed by atoms with Crippen LogP contribution in [0.3, 0.4) is 0 Å². The first-order valence-electron chi connectivity index (χ1n) is 6.98. The molecule has 2 rings (SSSR count). The molecule has 2 aromatic carbocycles. The minimum Gasteiger partial charge on any atom is -0.465 e. The molecule has 0 saturated carbocycles. The van der Waals surface area contributed by atoms with Gasteiger partial charge in [-0.25, -0.2) is 4.79 Å². The first-order valence-corrected chi connectivity index (χ1v) is 7.77. The van der Waals surface area contributed by atoms with E-state index in [1.54, 1.807) is 24.3 Å². The number of esters is 1. The summed E-state index contributed by atoms with van der Waals surface area (Å²) in [6, 6.07) is 13.8. The van der Waals surface area contributed by atoms with Crippen molar-refractivity contribution in [1.82, 2.24) is 0 Å². The topological polar surface area (TPSA) is 77.0 Å². The molecule has 0 heterocycles. The maximum Gasteiger partial charge on any atom is 0.337 e. The molecule has 24 heavy (non-hydrogen) atoms. The van der Waals surface area contributed by atoms with Crippen LogP contribution >= 0.6 is 15.9 Å². The molecule has 0 aliphatic heterocycles. The molecule has 0 bridgehead atoms. The predicted octanol–water partition coefficient (Wildman–Crippen LogP) is 3.22.